The fourth-order valence-corrected chi connectivity index (χ4v) is 3.98. The van der Waals surface area contributed by atoms with Crippen molar-refractivity contribution >= 4 is 17.7 Å². The van der Waals surface area contributed by atoms with Crippen LogP contribution < -0.4 is 0 Å². The molecule has 2 aliphatic rings. The van der Waals surface area contributed by atoms with Crippen molar-refractivity contribution in [3.05, 3.63) is 35.4 Å². The van der Waals surface area contributed by atoms with E-state index >= 15 is 0 Å². The Morgan fingerprint density at radius 1 is 1.29 bits per heavy atom. The monoisotopic (exact) mass is 315 g/mol. The predicted octanol–water partition coefficient (Wildman–Crippen LogP) is 4.08. The summed E-state index contributed by atoms with van der Waals surface area (Å²) in [5, 5.41) is -0.277. The van der Waals surface area contributed by atoms with Crippen LogP contribution in [0.1, 0.15) is 35.8 Å². The highest BCUT2D eigenvalue weighted by molar-refractivity contribution is 7.99. The van der Waals surface area contributed by atoms with Crippen LogP contribution in [0.15, 0.2) is 24.3 Å². The van der Waals surface area contributed by atoms with Gasteiger partial charge in [-0.05, 0) is 30.5 Å². The first kappa shape index (κ1) is 14.8. The minimum Gasteiger partial charge on any atom is -0.325 e. The third-order valence-corrected chi connectivity index (χ3v) is 5.39. The van der Waals surface area contributed by atoms with E-state index in [1.54, 1.807) is 22.7 Å². The van der Waals surface area contributed by atoms with E-state index in [-0.39, 0.29) is 17.2 Å². The molecule has 1 aromatic rings. The van der Waals surface area contributed by atoms with Crippen molar-refractivity contribution in [1.82, 2.24) is 4.90 Å². The van der Waals surface area contributed by atoms with E-state index in [1.165, 1.54) is 12.1 Å². The maximum atomic E-state index is 12.8. The Morgan fingerprint density at radius 3 is 2.67 bits per heavy atom. The minimum atomic E-state index is -4.35. The van der Waals surface area contributed by atoms with Gasteiger partial charge in [-0.25, -0.2) is 0 Å². The zero-order chi connectivity index (χ0) is 15.0. The summed E-state index contributed by atoms with van der Waals surface area (Å²) >= 11 is 1.54. The molecular formula is C15H16F3NOS. The molecular weight excluding hydrogens is 299 g/mol. The van der Waals surface area contributed by atoms with Gasteiger partial charge in [-0.1, -0.05) is 18.6 Å². The maximum absolute atomic E-state index is 12.8. The normalized spacial score (nSPS) is 23.2. The number of carbonyl (C=O) groups excluding carboxylic acids is 1. The highest BCUT2D eigenvalue weighted by atomic mass is 32.2. The molecule has 1 saturated heterocycles. The second-order valence-electron chi connectivity index (χ2n) is 5.51. The SMILES string of the molecule is O=C(C1CCC1)N1CCS[C@H]1c1cccc(C(F)(F)F)c1. The maximum Gasteiger partial charge on any atom is 0.416 e. The topological polar surface area (TPSA) is 20.3 Å². The molecule has 1 amide bonds. The van der Waals surface area contributed by atoms with Gasteiger partial charge in [0.05, 0.1) is 5.56 Å². The van der Waals surface area contributed by atoms with Gasteiger partial charge in [0.15, 0.2) is 0 Å². The lowest BCUT2D eigenvalue weighted by Gasteiger charge is -2.32. The molecule has 1 aliphatic carbocycles. The molecule has 21 heavy (non-hydrogen) atoms. The highest BCUT2D eigenvalue weighted by Gasteiger charge is 2.38. The van der Waals surface area contributed by atoms with Crippen LogP contribution in [0.5, 0.6) is 0 Å². The number of amides is 1. The van der Waals surface area contributed by atoms with E-state index in [0.29, 0.717) is 12.1 Å². The van der Waals surface area contributed by atoms with Gasteiger partial charge < -0.3 is 4.90 Å². The summed E-state index contributed by atoms with van der Waals surface area (Å²) < 4.78 is 38.4. The lowest BCUT2D eigenvalue weighted by molar-refractivity contribution is -0.138. The summed E-state index contributed by atoms with van der Waals surface area (Å²) in [6, 6.07) is 5.34. The van der Waals surface area contributed by atoms with Crippen LogP contribution >= 0.6 is 11.8 Å². The summed E-state index contributed by atoms with van der Waals surface area (Å²) in [6.45, 7) is 0.626. The van der Waals surface area contributed by atoms with E-state index in [0.717, 1.165) is 31.1 Å². The number of rotatable bonds is 2. The van der Waals surface area contributed by atoms with Crippen molar-refractivity contribution in [2.24, 2.45) is 5.92 Å². The van der Waals surface area contributed by atoms with Crippen LogP contribution in [0.3, 0.4) is 0 Å². The third kappa shape index (κ3) is 2.91. The highest BCUT2D eigenvalue weighted by Crippen LogP contribution is 2.42. The average molecular weight is 315 g/mol. The number of hydrogen-bond acceptors (Lipinski definition) is 2. The zero-order valence-electron chi connectivity index (χ0n) is 11.4. The van der Waals surface area contributed by atoms with Gasteiger partial charge in [0.25, 0.3) is 0 Å². The summed E-state index contributed by atoms with van der Waals surface area (Å²) in [5.74, 6) is 0.963. The molecule has 1 atom stereocenters. The van der Waals surface area contributed by atoms with Crippen molar-refractivity contribution in [3.8, 4) is 0 Å². The van der Waals surface area contributed by atoms with E-state index < -0.39 is 11.7 Å². The van der Waals surface area contributed by atoms with Crippen LogP contribution in [0.4, 0.5) is 13.2 Å². The molecule has 1 aliphatic heterocycles. The van der Waals surface area contributed by atoms with Gasteiger partial charge in [0.2, 0.25) is 5.91 Å². The van der Waals surface area contributed by atoms with Gasteiger partial charge in [0, 0.05) is 18.2 Å². The molecule has 1 aromatic carbocycles. The second-order valence-corrected chi connectivity index (χ2v) is 6.69. The molecule has 1 heterocycles. The molecule has 6 heteroatoms. The van der Waals surface area contributed by atoms with Crippen LogP contribution in [-0.4, -0.2) is 23.1 Å². The largest absolute Gasteiger partial charge is 0.416 e. The Bertz CT molecular complexity index is 542. The first-order valence-electron chi connectivity index (χ1n) is 7.06. The molecule has 2 nitrogen and oxygen atoms in total. The molecule has 0 N–H and O–H groups in total. The third-order valence-electron chi connectivity index (χ3n) is 4.13. The second kappa shape index (κ2) is 5.55. The summed E-state index contributed by atoms with van der Waals surface area (Å²) in [4.78, 5) is 14.1. The molecule has 2 fully saturated rings. The standard InChI is InChI=1S/C15H16F3NOS/c16-15(17,18)12-6-2-5-11(9-12)14-19(7-8-21-14)13(20)10-3-1-4-10/h2,5-6,9-10,14H,1,3-4,7-8H2/t14-/m0/s1. The van der Waals surface area contributed by atoms with Crippen molar-refractivity contribution < 1.29 is 18.0 Å². The average Bonchev–Trinajstić information content (AvgIpc) is 2.85. The van der Waals surface area contributed by atoms with Crippen LogP contribution in [0.2, 0.25) is 0 Å². The minimum absolute atomic E-state index is 0.0806. The fourth-order valence-electron chi connectivity index (χ4n) is 2.73. The molecule has 0 radical (unpaired) electrons. The fraction of sp³-hybridized carbons (Fsp3) is 0.533. The quantitative estimate of drug-likeness (QED) is 0.819. The number of halogens is 3. The van der Waals surface area contributed by atoms with Crippen LogP contribution in [0, 0.1) is 5.92 Å². The van der Waals surface area contributed by atoms with E-state index in [1.807, 2.05) is 0 Å². The number of hydrogen-bond donors (Lipinski definition) is 0. The van der Waals surface area contributed by atoms with Gasteiger partial charge in [0.1, 0.15) is 5.37 Å². The van der Waals surface area contributed by atoms with E-state index in [4.69, 9.17) is 0 Å². The molecule has 0 aromatic heterocycles. The van der Waals surface area contributed by atoms with Crippen LogP contribution in [-0.2, 0) is 11.0 Å². The molecule has 114 valence electrons. The van der Waals surface area contributed by atoms with Gasteiger partial charge in [-0.2, -0.15) is 13.2 Å². The summed E-state index contributed by atoms with van der Waals surface area (Å²) in [7, 11) is 0. The molecule has 1 saturated carbocycles. The van der Waals surface area contributed by atoms with Crippen molar-refractivity contribution in [2.45, 2.75) is 30.8 Å². The Balaban J connectivity index is 1.83. The number of alkyl halides is 3. The predicted molar refractivity (Wildman–Crippen MR) is 75.7 cm³/mol. The molecule has 0 unspecified atom stereocenters. The Kier molecular flexibility index (Phi) is 3.90. The molecule has 3 rings (SSSR count). The first-order valence-corrected chi connectivity index (χ1v) is 8.11. The number of thioether (sulfide) groups is 1. The van der Waals surface area contributed by atoms with E-state index in [2.05, 4.69) is 0 Å². The van der Waals surface area contributed by atoms with Gasteiger partial charge >= 0.3 is 6.18 Å². The number of nitrogens with zero attached hydrogens (tertiary/aromatic N) is 1. The van der Waals surface area contributed by atoms with Crippen molar-refractivity contribution in [2.75, 3.05) is 12.3 Å². The summed E-state index contributed by atoms with van der Waals surface area (Å²) in [5.41, 5.74) is -0.0801. The smallest absolute Gasteiger partial charge is 0.325 e. The Labute approximate surface area is 125 Å². The number of carbonyl (C=O) groups is 1. The number of benzene rings is 1. The van der Waals surface area contributed by atoms with Gasteiger partial charge in [-0.3, -0.25) is 4.79 Å². The zero-order valence-corrected chi connectivity index (χ0v) is 12.2. The summed E-state index contributed by atoms with van der Waals surface area (Å²) in [6.07, 6.45) is -1.45. The molecule has 0 bridgehead atoms. The van der Waals surface area contributed by atoms with Crippen LogP contribution in [0.25, 0.3) is 0 Å². The Morgan fingerprint density at radius 2 is 2.05 bits per heavy atom. The van der Waals surface area contributed by atoms with Gasteiger partial charge in [-0.15, -0.1) is 11.8 Å². The molecule has 0 spiro atoms. The van der Waals surface area contributed by atoms with Crippen molar-refractivity contribution in [1.29, 1.82) is 0 Å². The first-order chi connectivity index (χ1) is 9.97. The lowest BCUT2D eigenvalue weighted by Crippen LogP contribution is -2.38. The van der Waals surface area contributed by atoms with Crippen molar-refractivity contribution in [3.63, 3.8) is 0 Å². The van der Waals surface area contributed by atoms with E-state index in [9.17, 15) is 18.0 Å². The Hall–Kier alpha value is -1.17. The lowest BCUT2D eigenvalue weighted by atomic mass is 9.84.